The van der Waals surface area contributed by atoms with Crippen LogP contribution in [0.25, 0.3) is 0 Å². The van der Waals surface area contributed by atoms with Gasteiger partial charge in [-0.05, 0) is 30.2 Å². The van der Waals surface area contributed by atoms with Crippen molar-refractivity contribution in [3.8, 4) is 0 Å². The highest BCUT2D eigenvalue weighted by Gasteiger charge is 2.22. The fourth-order valence-electron chi connectivity index (χ4n) is 2.19. The Hall–Kier alpha value is -2.85. The Kier molecular flexibility index (Phi) is 6.01. The van der Waals surface area contributed by atoms with Gasteiger partial charge in [-0.3, -0.25) is 14.9 Å². The van der Waals surface area contributed by atoms with Crippen LogP contribution in [0.5, 0.6) is 0 Å². The number of rotatable bonds is 7. The topological polar surface area (TPSA) is 118 Å². The molecule has 26 heavy (non-hydrogen) atoms. The van der Waals surface area contributed by atoms with Crippen LogP contribution in [-0.2, 0) is 21.2 Å². The molecule has 0 radical (unpaired) electrons. The SMILES string of the molecule is CCc1ccccc1NC(=O)CNS(=O)(=O)c1ccc(F)c([N+](=O)[O-])c1. The normalized spacial score (nSPS) is 11.2. The second-order valence-corrected chi connectivity index (χ2v) is 7.02. The van der Waals surface area contributed by atoms with Gasteiger partial charge in [0.15, 0.2) is 0 Å². The maximum Gasteiger partial charge on any atom is 0.306 e. The lowest BCUT2D eigenvalue weighted by molar-refractivity contribution is -0.387. The van der Waals surface area contributed by atoms with Crippen molar-refractivity contribution in [2.75, 3.05) is 11.9 Å². The number of aryl methyl sites for hydroxylation is 1. The number of nitro groups is 1. The van der Waals surface area contributed by atoms with Crippen molar-refractivity contribution in [3.63, 3.8) is 0 Å². The number of amides is 1. The second-order valence-electron chi connectivity index (χ2n) is 5.25. The molecule has 0 saturated carbocycles. The molecule has 10 heteroatoms. The molecule has 2 aromatic carbocycles. The van der Waals surface area contributed by atoms with E-state index >= 15 is 0 Å². The number of para-hydroxylation sites is 1. The molecule has 2 rings (SSSR count). The summed E-state index contributed by atoms with van der Waals surface area (Å²) in [7, 11) is -4.22. The van der Waals surface area contributed by atoms with Crippen LogP contribution in [0.3, 0.4) is 0 Å². The van der Waals surface area contributed by atoms with Gasteiger partial charge in [-0.15, -0.1) is 0 Å². The number of hydrogen-bond acceptors (Lipinski definition) is 5. The predicted molar refractivity (Wildman–Crippen MR) is 92.7 cm³/mol. The Morgan fingerprint density at radius 2 is 1.92 bits per heavy atom. The quantitative estimate of drug-likeness (QED) is 0.563. The fourth-order valence-corrected chi connectivity index (χ4v) is 3.19. The van der Waals surface area contributed by atoms with Gasteiger partial charge < -0.3 is 5.32 Å². The third-order valence-electron chi connectivity index (χ3n) is 3.52. The minimum atomic E-state index is -4.22. The maximum atomic E-state index is 13.3. The lowest BCUT2D eigenvalue weighted by atomic mass is 10.1. The first-order valence-electron chi connectivity index (χ1n) is 7.56. The van der Waals surface area contributed by atoms with Crippen molar-refractivity contribution in [3.05, 3.63) is 64.0 Å². The Balaban J connectivity index is 2.09. The first kappa shape index (κ1) is 19.5. The summed E-state index contributed by atoms with van der Waals surface area (Å²) in [5.41, 5.74) is 0.490. The first-order chi connectivity index (χ1) is 12.2. The summed E-state index contributed by atoms with van der Waals surface area (Å²) in [6, 6.07) is 9.24. The van der Waals surface area contributed by atoms with Crippen molar-refractivity contribution in [1.82, 2.24) is 4.72 Å². The summed E-state index contributed by atoms with van der Waals surface area (Å²) in [6.07, 6.45) is 0.682. The third-order valence-corrected chi connectivity index (χ3v) is 4.92. The molecule has 1 amide bonds. The Morgan fingerprint density at radius 1 is 1.23 bits per heavy atom. The van der Waals surface area contributed by atoms with Gasteiger partial charge in [-0.2, -0.15) is 4.39 Å². The van der Waals surface area contributed by atoms with Gasteiger partial charge in [0.2, 0.25) is 21.7 Å². The zero-order valence-electron chi connectivity index (χ0n) is 13.7. The molecule has 0 atom stereocenters. The zero-order chi connectivity index (χ0) is 19.3. The van der Waals surface area contributed by atoms with Gasteiger partial charge in [0, 0.05) is 11.8 Å². The van der Waals surface area contributed by atoms with Crippen LogP contribution >= 0.6 is 0 Å². The van der Waals surface area contributed by atoms with Gasteiger partial charge in [-0.1, -0.05) is 25.1 Å². The highest BCUT2D eigenvalue weighted by Crippen LogP contribution is 2.21. The van der Waals surface area contributed by atoms with E-state index in [0.29, 0.717) is 24.2 Å². The molecule has 0 unspecified atom stereocenters. The van der Waals surface area contributed by atoms with Gasteiger partial charge >= 0.3 is 5.69 Å². The second kappa shape index (κ2) is 8.02. The molecule has 0 aliphatic heterocycles. The number of carbonyl (C=O) groups is 1. The third kappa shape index (κ3) is 4.61. The van der Waals surface area contributed by atoms with E-state index in [1.165, 1.54) is 0 Å². The standard InChI is InChI=1S/C16H16FN3O5S/c1-2-11-5-3-4-6-14(11)19-16(21)10-18-26(24,25)12-7-8-13(17)15(9-12)20(22)23/h3-9,18H,2,10H2,1H3,(H,19,21). The summed E-state index contributed by atoms with van der Waals surface area (Å²) >= 11 is 0. The number of carbonyl (C=O) groups excluding carboxylic acids is 1. The number of hydrogen-bond donors (Lipinski definition) is 2. The minimum absolute atomic E-state index is 0.507. The average molecular weight is 381 g/mol. The molecule has 0 heterocycles. The van der Waals surface area contributed by atoms with E-state index in [2.05, 4.69) is 5.32 Å². The largest absolute Gasteiger partial charge is 0.325 e. The molecule has 138 valence electrons. The van der Waals surface area contributed by atoms with E-state index in [0.717, 1.165) is 11.6 Å². The molecule has 0 aliphatic carbocycles. The molecular formula is C16H16FN3O5S. The Bertz CT molecular complexity index is 947. The number of sulfonamides is 1. The van der Waals surface area contributed by atoms with Crippen LogP contribution < -0.4 is 10.0 Å². The summed E-state index contributed by atoms with van der Waals surface area (Å²) < 4.78 is 39.7. The molecule has 2 aromatic rings. The number of nitrogens with zero attached hydrogens (tertiary/aromatic N) is 1. The lowest BCUT2D eigenvalue weighted by Gasteiger charge is -2.10. The summed E-state index contributed by atoms with van der Waals surface area (Å²) in [4.78, 5) is 21.2. The number of nitrogens with one attached hydrogen (secondary N) is 2. The van der Waals surface area contributed by atoms with Gasteiger partial charge in [0.1, 0.15) is 0 Å². The number of anilines is 1. The molecule has 8 nitrogen and oxygen atoms in total. The first-order valence-corrected chi connectivity index (χ1v) is 9.04. The smallest absolute Gasteiger partial charge is 0.306 e. The highest BCUT2D eigenvalue weighted by atomic mass is 32.2. The number of benzene rings is 2. The zero-order valence-corrected chi connectivity index (χ0v) is 14.5. The molecule has 0 fully saturated rings. The summed E-state index contributed by atoms with van der Waals surface area (Å²) in [6.45, 7) is 1.33. The van der Waals surface area contributed by atoms with E-state index in [1.807, 2.05) is 23.8 Å². The van der Waals surface area contributed by atoms with E-state index in [4.69, 9.17) is 0 Å². The van der Waals surface area contributed by atoms with Crippen LogP contribution in [0.2, 0.25) is 0 Å². The van der Waals surface area contributed by atoms with E-state index in [-0.39, 0.29) is 0 Å². The highest BCUT2D eigenvalue weighted by molar-refractivity contribution is 7.89. The Morgan fingerprint density at radius 3 is 2.58 bits per heavy atom. The van der Waals surface area contributed by atoms with Crippen LogP contribution in [0.15, 0.2) is 47.4 Å². The van der Waals surface area contributed by atoms with Gasteiger partial charge in [-0.25, -0.2) is 13.1 Å². The predicted octanol–water partition coefficient (Wildman–Crippen LogP) is 2.21. The van der Waals surface area contributed by atoms with Crippen molar-refractivity contribution in [1.29, 1.82) is 0 Å². The van der Waals surface area contributed by atoms with Crippen molar-refractivity contribution in [2.24, 2.45) is 0 Å². The number of nitro benzene ring substituents is 1. The van der Waals surface area contributed by atoms with E-state index < -0.39 is 43.8 Å². The van der Waals surface area contributed by atoms with E-state index in [1.54, 1.807) is 12.1 Å². The molecule has 0 spiro atoms. The van der Waals surface area contributed by atoms with E-state index in [9.17, 15) is 27.7 Å². The molecule has 0 aromatic heterocycles. The minimum Gasteiger partial charge on any atom is -0.325 e. The van der Waals surface area contributed by atoms with Crippen LogP contribution in [0, 0.1) is 15.9 Å². The molecular weight excluding hydrogens is 365 g/mol. The molecule has 0 bridgehead atoms. The van der Waals surface area contributed by atoms with Gasteiger partial charge in [0.25, 0.3) is 0 Å². The average Bonchev–Trinajstić information content (AvgIpc) is 2.60. The van der Waals surface area contributed by atoms with Crippen molar-refractivity contribution < 1.29 is 22.5 Å². The maximum absolute atomic E-state index is 13.3. The molecule has 0 saturated heterocycles. The van der Waals surface area contributed by atoms with Crippen LogP contribution in [-0.4, -0.2) is 25.8 Å². The van der Waals surface area contributed by atoms with Crippen molar-refractivity contribution in [2.45, 2.75) is 18.2 Å². The number of halogens is 1. The summed E-state index contributed by atoms with van der Waals surface area (Å²) in [5.74, 6) is -1.76. The van der Waals surface area contributed by atoms with Crippen molar-refractivity contribution >= 4 is 27.3 Å². The fraction of sp³-hybridized carbons (Fsp3) is 0.188. The molecule has 2 N–H and O–H groups in total. The molecule has 0 aliphatic rings. The summed E-state index contributed by atoms with van der Waals surface area (Å²) in [5, 5.41) is 13.3. The van der Waals surface area contributed by atoms with Crippen LogP contribution in [0.4, 0.5) is 15.8 Å². The van der Waals surface area contributed by atoms with Gasteiger partial charge in [0.05, 0.1) is 16.4 Å². The van der Waals surface area contributed by atoms with Crippen LogP contribution in [0.1, 0.15) is 12.5 Å². The lowest BCUT2D eigenvalue weighted by Crippen LogP contribution is -2.33. The monoisotopic (exact) mass is 381 g/mol. The Labute approximate surface area is 149 Å².